The number of carbonyl (C=O) groups excluding carboxylic acids is 3. The summed E-state index contributed by atoms with van der Waals surface area (Å²) in [6.07, 6.45) is -2.12. The summed E-state index contributed by atoms with van der Waals surface area (Å²) in [5, 5.41) is 19.7. The van der Waals surface area contributed by atoms with Gasteiger partial charge in [-0.1, -0.05) is 13.8 Å². The van der Waals surface area contributed by atoms with Crippen molar-refractivity contribution in [2.75, 3.05) is 46.8 Å². The Bertz CT molecular complexity index is 730. The van der Waals surface area contributed by atoms with Crippen LogP contribution in [0.5, 0.6) is 0 Å². The normalized spacial score (nSPS) is 26.5. The quantitative estimate of drug-likeness (QED) is 0.323. The Morgan fingerprint density at radius 1 is 1.27 bits per heavy atom. The number of halogens is 1. The van der Waals surface area contributed by atoms with Gasteiger partial charge in [0.15, 0.2) is 23.8 Å². The first-order chi connectivity index (χ1) is 15.7. The predicted molar refractivity (Wildman–Crippen MR) is 117 cm³/mol. The van der Waals surface area contributed by atoms with Crippen LogP contribution in [0.1, 0.15) is 26.7 Å². The monoisotopic (exact) mass is 537 g/mol. The minimum atomic E-state index is -1.88. The van der Waals surface area contributed by atoms with Crippen LogP contribution in [0, 0.1) is 5.92 Å². The molecule has 0 aliphatic carbocycles. The van der Waals surface area contributed by atoms with Gasteiger partial charge >= 0.3 is 6.09 Å². The molecule has 1 fully saturated rings. The Labute approximate surface area is 201 Å². The number of rotatable bonds is 13. The minimum absolute atomic E-state index is 0.0541. The molecular formula is C21H32BrNO10. The first-order valence-electron chi connectivity index (χ1n) is 10.8. The zero-order valence-electron chi connectivity index (χ0n) is 19.0. The average molecular weight is 538 g/mol. The standard InChI is InChI=1S/C21H32BrNO10/c1-13(2)14-12-32-20(27)23(14)19(26)18(29-3)17-15(25)11-16(22)21(28,33-17)5-4-7-30-9-10-31-8-6-24/h11,13-14,17-18,24,28H,4-10,12H2,1-3H3/t14-,17-,18+,21-/m1/s1. The summed E-state index contributed by atoms with van der Waals surface area (Å²) < 4.78 is 26.6. The molecule has 2 heterocycles. The van der Waals surface area contributed by atoms with Crippen LogP contribution < -0.4 is 0 Å². The van der Waals surface area contributed by atoms with Gasteiger partial charge in [-0.3, -0.25) is 9.59 Å². The van der Waals surface area contributed by atoms with Crippen LogP contribution in [0.4, 0.5) is 4.79 Å². The van der Waals surface area contributed by atoms with Gasteiger partial charge in [0.1, 0.15) is 6.61 Å². The molecule has 0 unspecified atom stereocenters. The first-order valence-corrected chi connectivity index (χ1v) is 11.6. The molecule has 11 nitrogen and oxygen atoms in total. The van der Waals surface area contributed by atoms with E-state index in [4.69, 9.17) is 28.8 Å². The topological polar surface area (TPSA) is 141 Å². The fraction of sp³-hybridized carbons (Fsp3) is 0.762. The summed E-state index contributed by atoms with van der Waals surface area (Å²) >= 11 is 3.17. The third kappa shape index (κ3) is 7.04. The molecule has 2 amide bonds. The summed E-state index contributed by atoms with van der Waals surface area (Å²) in [5.74, 6) is -3.30. The van der Waals surface area contributed by atoms with Crippen molar-refractivity contribution in [1.82, 2.24) is 4.90 Å². The third-order valence-electron chi connectivity index (χ3n) is 5.34. The van der Waals surface area contributed by atoms with Crippen molar-refractivity contribution < 1.29 is 48.3 Å². The Morgan fingerprint density at radius 2 is 1.94 bits per heavy atom. The van der Waals surface area contributed by atoms with E-state index in [0.717, 1.165) is 11.0 Å². The van der Waals surface area contributed by atoms with E-state index in [1.807, 2.05) is 13.8 Å². The highest BCUT2D eigenvalue weighted by atomic mass is 79.9. The predicted octanol–water partition coefficient (Wildman–Crippen LogP) is 0.746. The van der Waals surface area contributed by atoms with Gasteiger partial charge in [0.05, 0.1) is 37.0 Å². The minimum Gasteiger partial charge on any atom is -0.447 e. The fourth-order valence-electron chi connectivity index (χ4n) is 3.51. The summed E-state index contributed by atoms with van der Waals surface area (Å²) in [5.41, 5.74) is 0. The summed E-state index contributed by atoms with van der Waals surface area (Å²) in [4.78, 5) is 38.9. The van der Waals surface area contributed by atoms with Crippen molar-refractivity contribution in [2.24, 2.45) is 5.92 Å². The Kier molecular flexibility index (Phi) is 10.9. The number of aliphatic hydroxyl groups excluding tert-OH is 1. The number of imide groups is 1. The van der Waals surface area contributed by atoms with Crippen molar-refractivity contribution in [3.63, 3.8) is 0 Å². The molecular weight excluding hydrogens is 506 g/mol. The van der Waals surface area contributed by atoms with Gasteiger partial charge < -0.3 is 33.9 Å². The number of carbonyl (C=O) groups is 3. The zero-order valence-corrected chi connectivity index (χ0v) is 20.6. The lowest BCUT2D eigenvalue weighted by Crippen LogP contribution is -2.57. The highest BCUT2D eigenvalue weighted by Crippen LogP contribution is 2.36. The van der Waals surface area contributed by atoms with E-state index in [9.17, 15) is 19.5 Å². The van der Waals surface area contributed by atoms with E-state index < -0.39 is 41.8 Å². The number of nitrogens with zero attached hydrogens (tertiary/aromatic N) is 1. The summed E-state index contributed by atoms with van der Waals surface area (Å²) in [6, 6.07) is -0.499. The van der Waals surface area contributed by atoms with Crippen LogP contribution in [-0.2, 0) is 33.3 Å². The molecule has 2 aliphatic heterocycles. The van der Waals surface area contributed by atoms with Crippen molar-refractivity contribution in [3.8, 4) is 0 Å². The zero-order chi connectivity index (χ0) is 24.6. The van der Waals surface area contributed by atoms with E-state index in [1.165, 1.54) is 7.11 Å². The number of hydrogen-bond donors (Lipinski definition) is 2. The molecule has 2 N–H and O–H groups in total. The highest BCUT2D eigenvalue weighted by Gasteiger charge is 2.50. The van der Waals surface area contributed by atoms with E-state index >= 15 is 0 Å². The number of amides is 2. The lowest BCUT2D eigenvalue weighted by atomic mass is 9.98. The molecule has 1 saturated heterocycles. The van der Waals surface area contributed by atoms with E-state index in [-0.39, 0.29) is 43.2 Å². The molecule has 2 rings (SSSR count). The van der Waals surface area contributed by atoms with Crippen molar-refractivity contribution in [2.45, 2.75) is 50.7 Å². The Hall–Kier alpha value is -1.41. The SMILES string of the molecule is CO[C@H](C(=O)N1C(=O)OC[C@@H]1C(C)C)[C@@H]1O[C@](O)(CCCOCCOCCO)C(Br)=CC1=O. The molecule has 0 spiro atoms. The summed E-state index contributed by atoms with van der Waals surface area (Å²) in [7, 11) is 1.23. The molecule has 4 atom stereocenters. The van der Waals surface area contributed by atoms with E-state index in [0.29, 0.717) is 19.6 Å². The molecule has 12 heteroatoms. The average Bonchev–Trinajstić information content (AvgIpc) is 3.16. The smallest absolute Gasteiger partial charge is 0.417 e. The number of hydrogen-bond acceptors (Lipinski definition) is 10. The number of aliphatic hydroxyl groups is 2. The van der Waals surface area contributed by atoms with Gasteiger partial charge in [-0.25, -0.2) is 9.69 Å². The van der Waals surface area contributed by atoms with E-state index in [1.54, 1.807) is 0 Å². The number of ketones is 1. The number of methoxy groups -OCH3 is 1. The second-order valence-electron chi connectivity index (χ2n) is 8.02. The van der Waals surface area contributed by atoms with Crippen LogP contribution in [0.3, 0.4) is 0 Å². The second-order valence-corrected chi connectivity index (χ2v) is 8.88. The largest absolute Gasteiger partial charge is 0.447 e. The Balaban J connectivity index is 2.03. The maximum atomic E-state index is 13.2. The maximum absolute atomic E-state index is 13.2. The lowest BCUT2D eigenvalue weighted by molar-refractivity contribution is -0.227. The van der Waals surface area contributed by atoms with Crippen LogP contribution in [0.15, 0.2) is 10.6 Å². The van der Waals surface area contributed by atoms with Crippen LogP contribution in [0.2, 0.25) is 0 Å². The molecule has 0 bridgehead atoms. The molecule has 0 aromatic heterocycles. The molecule has 0 aromatic rings. The molecule has 2 aliphatic rings. The van der Waals surface area contributed by atoms with Gasteiger partial charge in [-0.15, -0.1) is 0 Å². The first kappa shape index (κ1) is 27.8. The summed E-state index contributed by atoms with van der Waals surface area (Å²) in [6.45, 7) is 4.85. The molecule has 188 valence electrons. The van der Waals surface area contributed by atoms with Gasteiger partial charge in [0, 0.05) is 20.1 Å². The van der Waals surface area contributed by atoms with Crippen molar-refractivity contribution >= 4 is 33.7 Å². The fourth-order valence-corrected chi connectivity index (χ4v) is 4.02. The van der Waals surface area contributed by atoms with Crippen molar-refractivity contribution in [1.29, 1.82) is 0 Å². The van der Waals surface area contributed by atoms with Crippen LogP contribution in [-0.4, -0.2) is 104 Å². The Morgan fingerprint density at radius 3 is 2.55 bits per heavy atom. The van der Waals surface area contributed by atoms with E-state index in [2.05, 4.69) is 15.9 Å². The number of ether oxygens (including phenoxy) is 5. The maximum Gasteiger partial charge on any atom is 0.417 e. The molecule has 0 saturated carbocycles. The van der Waals surface area contributed by atoms with Gasteiger partial charge in [0.25, 0.3) is 5.91 Å². The van der Waals surface area contributed by atoms with Gasteiger partial charge in [0.2, 0.25) is 0 Å². The van der Waals surface area contributed by atoms with Crippen LogP contribution in [0.25, 0.3) is 0 Å². The highest BCUT2D eigenvalue weighted by molar-refractivity contribution is 9.11. The van der Waals surface area contributed by atoms with Crippen LogP contribution >= 0.6 is 15.9 Å². The van der Waals surface area contributed by atoms with Gasteiger partial charge in [-0.05, 0) is 34.3 Å². The van der Waals surface area contributed by atoms with Gasteiger partial charge in [-0.2, -0.15) is 0 Å². The molecule has 0 radical (unpaired) electrons. The molecule has 0 aromatic carbocycles. The second kappa shape index (κ2) is 12.9. The number of cyclic esters (lactones) is 1. The lowest BCUT2D eigenvalue weighted by Gasteiger charge is -2.38. The third-order valence-corrected chi connectivity index (χ3v) is 6.19. The molecule has 33 heavy (non-hydrogen) atoms. The van der Waals surface area contributed by atoms with Crippen molar-refractivity contribution in [3.05, 3.63) is 10.6 Å².